The van der Waals surface area contributed by atoms with Crippen LogP contribution in [0.4, 0.5) is 0 Å². The van der Waals surface area contributed by atoms with Crippen molar-refractivity contribution in [1.29, 1.82) is 0 Å². The minimum Gasteiger partial charge on any atom is -0.119 e. The highest BCUT2D eigenvalue weighted by Gasteiger charge is 2.65. The Morgan fingerprint density at radius 1 is 0.864 bits per heavy atom. The lowest BCUT2D eigenvalue weighted by molar-refractivity contribution is -0.101. The summed E-state index contributed by atoms with van der Waals surface area (Å²) in [5, 5.41) is 0. The fraction of sp³-hybridized carbons (Fsp3) is 1.00. The quantitative estimate of drug-likeness (QED) is 0.430. The third-order valence-corrected chi connectivity index (χ3v) is 10.2. The highest BCUT2D eigenvalue weighted by Crippen LogP contribution is 2.71. The summed E-state index contributed by atoms with van der Waals surface area (Å²) in [7, 11) is 2.78. The first-order valence-electron chi connectivity index (χ1n) is 9.62. The number of halogens is 1. The van der Waals surface area contributed by atoms with Gasteiger partial charge in [-0.3, -0.25) is 0 Å². The van der Waals surface area contributed by atoms with E-state index in [2.05, 4.69) is 48.8 Å². The lowest BCUT2D eigenvalue weighted by Crippen LogP contribution is -2.64. The van der Waals surface area contributed by atoms with Gasteiger partial charge in [-0.05, 0) is 59.7 Å². The summed E-state index contributed by atoms with van der Waals surface area (Å²) in [5.74, 6) is 6.10. The Kier molecular flexibility index (Phi) is 3.24. The molecule has 0 aromatic carbocycles. The molecule has 6 aliphatic rings. The predicted molar refractivity (Wildman–Crippen MR) is 96.7 cm³/mol. The zero-order chi connectivity index (χ0) is 16.1. The number of hydrogen-bond acceptors (Lipinski definition) is 0. The van der Waals surface area contributed by atoms with E-state index in [1.165, 1.54) is 25.7 Å². The van der Waals surface area contributed by atoms with Crippen LogP contribution in [0.2, 0.25) is 11.6 Å². The van der Waals surface area contributed by atoms with Crippen molar-refractivity contribution >= 4 is 18.9 Å². The van der Waals surface area contributed by atoms with E-state index in [1.807, 2.05) is 0 Å². The molecule has 6 fully saturated rings. The van der Waals surface area contributed by atoms with Gasteiger partial charge in [0, 0.05) is 4.87 Å². The van der Waals surface area contributed by atoms with Crippen LogP contribution in [0.5, 0.6) is 0 Å². The highest BCUT2D eigenvalue weighted by atomic mass is 35.5. The van der Waals surface area contributed by atoms with Crippen LogP contribution in [-0.4, -0.2) is 12.2 Å². The van der Waals surface area contributed by atoms with Gasteiger partial charge in [-0.15, -0.1) is 11.6 Å². The first-order chi connectivity index (χ1) is 10.1. The molecule has 0 aromatic rings. The maximum absolute atomic E-state index is 7.01. The van der Waals surface area contributed by atoms with E-state index in [-0.39, 0.29) is 4.87 Å². The Morgan fingerprint density at radius 2 is 1.50 bits per heavy atom. The van der Waals surface area contributed by atoms with Gasteiger partial charge in [0.15, 0.2) is 0 Å². The van der Waals surface area contributed by atoms with E-state index >= 15 is 0 Å². The van der Waals surface area contributed by atoms with Crippen molar-refractivity contribution in [2.45, 2.75) is 83.7 Å². The van der Waals surface area contributed by atoms with Gasteiger partial charge in [0.1, 0.15) is 7.28 Å². The number of hydrogen-bond donors (Lipinski definition) is 0. The van der Waals surface area contributed by atoms with E-state index in [1.54, 1.807) is 0 Å². The molecule has 6 rings (SSSR count). The summed E-state index contributed by atoms with van der Waals surface area (Å²) in [6.45, 7) is 14.9. The van der Waals surface area contributed by atoms with Crippen LogP contribution in [0.1, 0.15) is 67.2 Å². The molecule has 0 N–H and O–H groups in total. The van der Waals surface area contributed by atoms with Gasteiger partial charge >= 0.3 is 0 Å². The zero-order valence-electron chi connectivity index (χ0n) is 15.3. The van der Waals surface area contributed by atoms with Crippen LogP contribution < -0.4 is 0 Å². The van der Waals surface area contributed by atoms with Crippen molar-refractivity contribution in [3.05, 3.63) is 0 Å². The average Bonchev–Trinajstić information content (AvgIpc) is 2.43. The fourth-order valence-corrected chi connectivity index (χ4v) is 7.60. The van der Waals surface area contributed by atoms with E-state index in [0.29, 0.717) is 10.8 Å². The number of alkyl halides is 1. The molecule has 6 saturated carbocycles. The van der Waals surface area contributed by atoms with Crippen LogP contribution in [-0.2, 0) is 0 Å². The van der Waals surface area contributed by atoms with Crippen molar-refractivity contribution in [3.63, 3.8) is 0 Å². The normalized spacial score (nSPS) is 57.5. The minimum atomic E-state index is 0.0887. The molecule has 22 heavy (non-hydrogen) atoms. The van der Waals surface area contributed by atoms with Gasteiger partial charge in [0.2, 0.25) is 0 Å². The molecular weight excluding hydrogens is 286 g/mol. The first-order valence-corrected chi connectivity index (χ1v) is 9.99. The maximum atomic E-state index is 7.01. The Bertz CT molecular complexity index is 484. The van der Waals surface area contributed by atoms with Crippen molar-refractivity contribution in [2.75, 3.05) is 0 Å². The van der Waals surface area contributed by atoms with Gasteiger partial charge in [0.05, 0.1) is 0 Å². The van der Waals surface area contributed by atoms with E-state index < -0.39 is 0 Å². The lowest BCUT2D eigenvalue weighted by Gasteiger charge is -2.68. The summed E-state index contributed by atoms with van der Waals surface area (Å²) in [4.78, 5) is 0.0887. The van der Waals surface area contributed by atoms with Gasteiger partial charge < -0.3 is 0 Å². The maximum Gasteiger partial charge on any atom is 0.118 e. The van der Waals surface area contributed by atoms with Crippen molar-refractivity contribution in [1.82, 2.24) is 0 Å². The van der Waals surface area contributed by atoms with Crippen molar-refractivity contribution < 1.29 is 0 Å². The van der Waals surface area contributed by atoms with E-state index in [9.17, 15) is 0 Å². The molecule has 0 saturated heterocycles. The second kappa shape index (κ2) is 4.50. The molecule has 6 aliphatic carbocycles. The summed E-state index contributed by atoms with van der Waals surface area (Å²) in [6.07, 6.45) is 5.41. The molecule has 8 atom stereocenters. The molecule has 0 heterocycles. The molecule has 123 valence electrons. The smallest absolute Gasteiger partial charge is 0.118 e. The van der Waals surface area contributed by atoms with Crippen LogP contribution in [0, 0.1) is 40.4 Å². The molecule has 2 heteroatoms. The van der Waals surface area contributed by atoms with Crippen molar-refractivity contribution in [3.8, 4) is 0 Å². The Morgan fingerprint density at radius 3 is 2.05 bits per heavy atom. The molecular formula is C20H33BCl. The van der Waals surface area contributed by atoms with Crippen LogP contribution in [0.3, 0.4) is 0 Å². The van der Waals surface area contributed by atoms with Gasteiger partial charge in [-0.1, -0.05) is 59.6 Å². The summed E-state index contributed by atoms with van der Waals surface area (Å²) in [6, 6.07) is 0. The molecule has 0 aliphatic heterocycles. The van der Waals surface area contributed by atoms with Crippen molar-refractivity contribution in [2.24, 2.45) is 40.4 Å². The third kappa shape index (κ3) is 1.79. The largest absolute Gasteiger partial charge is 0.119 e. The minimum absolute atomic E-state index is 0.0887. The molecule has 8 unspecified atom stereocenters. The SMILES string of the molecule is CC1C([B]C2CC3(Cl)CC(C2C)C3(C)C)CC2CC1C2(C)C. The zero-order valence-corrected chi connectivity index (χ0v) is 16.1. The molecule has 0 spiro atoms. The fourth-order valence-electron chi connectivity index (χ4n) is 7.12. The molecule has 0 aromatic heterocycles. The monoisotopic (exact) mass is 319 g/mol. The number of fused-ring (bicyclic) bond motifs is 4. The summed E-state index contributed by atoms with van der Waals surface area (Å²) < 4.78 is 0. The second-order valence-corrected chi connectivity index (χ2v) is 11.3. The van der Waals surface area contributed by atoms with E-state index in [4.69, 9.17) is 11.6 Å². The van der Waals surface area contributed by atoms with Crippen LogP contribution in [0.15, 0.2) is 0 Å². The molecule has 4 bridgehead atoms. The highest BCUT2D eigenvalue weighted by molar-refractivity contribution is 6.40. The third-order valence-electron chi connectivity index (χ3n) is 9.40. The van der Waals surface area contributed by atoms with Gasteiger partial charge in [-0.25, -0.2) is 0 Å². The Hall–Kier alpha value is 0.355. The molecule has 1 radical (unpaired) electrons. The predicted octanol–water partition coefficient (Wildman–Crippen LogP) is 6.03. The standard InChI is InChI=1S/C20H33BCl/c1-11-14-7-13(18(14,3)4)8-16(11)21-17-10-20(22)9-15(12(17)2)19(20,5)6/h11-17H,7-10H2,1-6H3. The van der Waals surface area contributed by atoms with Crippen LogP contribution in [0.25, 0.3) is 0 Å². The second-order valence-electron chi connectivity index (χ2n) is 10.5. The van der Waals surface area contributed by atoms with Gasteiger partial charge in [-0.2, -0.15) is 0 Å². The first kappa shape index (κ1) is 15.9. The molecule has 0 nitrogen and oxygen atoms in total. The molecule has 0 amide bonds. The average molecular weight is 320 g/mol. The van der Waals surface area contributed by atoms with E-state index in [0.717, 1.165) is 41.2 Å². The topological polar surface area (TPSA) is 0 Å². The summed E-state index contributed by atoms with van der Waals surface area (Å²) >= 11 is 7.01. The Labute approximate surface area is 143 Å². The lowest BCUT2D eigenvalue weighted by atomic mass is 9.30. The van der Waals surface area contributed by atoms with Crippen LogP contribution >= 0.6 is 11.6 Å². The van der Waals surface area contributed by atoms with Gasteiger partial charge in [0.25, 0.3) is 0 Å². The summed E-state index contributed by atoms with van der Waals surface area (Å²) in [5.41, 5.74) is 0.959. The number of rotatable bonds is 2. The Balaban J connectivity index is 1.45.